The Balaban J connectivity index is 2.33. The van der Waals surface area contributed by atoms with Gasteiger partial charge in [0.1, 0.15) is 6.26 Å². The molecule has 8 heavy (non-hydrogen) atoms. The van der Waals surface area contributed by atoms with E-state index in [-0.39, 0.29) is 0 Å². The van der Waals surface area contributed by atoms with Crippen LogP contribution in [0, 0.1) is 0 Å². The maximum Gasteiger partial charge on any atom is 0.188 e. The van der Waals surface area contributed by atoms with E-state index in [1.165, 1.54) is 6.26 Å². The van der Waals surface area contributed by atoms with Crippen LogP contribution in [-0.4, -0.2) is 19.6 Å². The highest BCUT2D eigenvalue weighted by Gasteiger charge is 1.82. The molecule has 1 rings (SSSR count). The van der Waals surface area contributed by atoms with Crippen molar-refractivity contribution in [2.45, 2.75) is 0 Å². The summed E-state index contributed by atoms with van der Waals surface area (Å²) < 4.78 is 9.61. The maximum absolute atomic E-state index is 4.85. The highest BCUT2D eigenvalue weighted by molar-refractivity contribution is 5.59. The summed E-state index contributed by atoms with van der Waals surface area (Å²) in [4.78, 5) is 3.78. The summed E-state index contributed by atoms with van der Waals surface area (Å²) in [5, 5.41) is 0. The van der Waals surface area contributed by atoms with Crippen molar-refractivity contribution in [3.63, 3.8) is 0 Å². The van der Waals surface area contributed by atoms with Crippen LogP contribution in [0.1, 0.15) is 0 Å². The first kappa shape index (κ1) is 5.31. The summed E-state index contributed by atoms with van der Waals surface area (Å²) in [6, 6.07) is 0. The van der Waals surface area contributed by atoms with Crippen LogP contribution in [-0.2, 0) is 9.47 Å². The number of aliphatic imine (C=N–C) groups is 1. The van der Waals surface area contributed by atoms with Gasteiger partial charge in [-0.15, -0.1) is 0 Å². The minimum atomic E-state index is 0.322. The molecule has 0 bridgehead atoms. The lowest BCUT2D eigenvalue weighted by Gasteiger charge is -2.00. The maximum atomic E-state index is 4.85. The van der Waals surface area contributed by atoms with Crippen molar-refractivity contribution in [3.05, 3.63) is 12.5 Å². The van der Waals surface area contributed by atoms with Crippen LogP contribution in [0.5, 0.6) is 0 Å². The van der Waals surface area contributed by atoms with Crippen LogP contribution in [0.15, 0.2) is 17.5 Å². The van der Waals surface area contributed by atoms with E-state index in [0.29, 0.717) is 13.4 Å². The van der Waals surface area contributed by atoms with Gasteiger partial charge in [0.2, 0.25) is 0 Å². The van der Waals surface area contributed by atoms with Crippen LogP contribution in [0.4, 0.5) is 0 Å². The summed E-state index contributed by atoms with van der Waals surface area (Å²) in [6.07, 6.45) is 4.76. The van der Waals surface area contributed by atoms with Crippen molar-refractivity contribution in [2.24, 2.45) is 4.99 Å². The molecule has 3 nitrogen and oxygen atoms in total. The third-order valence-corrected chi connectivity index (χ3v) is 0.692. The molecule has 0 aromatic rings. The normalized spacial score (nSPS) is 19.0. The molecule has 0 spiro atoms. The van der Waals surface area contributed by atoms with E-state index in [2.05, 4.69) is 4.99 Å². The Morgan fingerprint density at radius 1 is 1.50 bits per heavy atom. The van der Waals surface area contributed by atoms with Gasteiger partial charge in [-0.1, -0.05) is 0 Å². The van der Waals surface area contributed by atoms with Crippen LogP contribution in [0.3, 0.4) is 0 Å². The van der Waals surface area contributed by atoms with Gasteiger partial charge in [0, 0.05) is 6.21 Å². The first-order chi connectivity index (χ1) is 4.00. The molecule has 0 saturated carbocycles. The second-order valence-electron chi connectivity index (χ2n) is 1.27. The van der Waals surface area contributed by atoms with Gasteiger partial charge in [-0.05, 0) is 0 Å². The van der Waals surface area contributed by atoms with Gasteiger partial charge in [0.25, 0.3) is 0 Å². The summed E-state index contributed by atoms with van der Waals surface area (Å²) >= 11 is 0. The summed E-state index contributed by atoms with van der Waals surface area (Å²) in [6.45, 7) is 0.854. The van der Waals surface area contributed by atoms with Crippen molar-refractivity contribution in [2.75, 3.05) is 13.4 Å². The van der Waals surface area contributed by atoms with Crippen LogP contribution in [0.2, 0.25) is 0 Å². The van der Waals surface area contributed by atoms with Gasteiger partial charge in [0.05, 0.1) is 12.8 Å². The molecule has 0 aromatic heterocycles. The van der Waals surface area contributed by atoms with E-state index in [1.54, 1.807) is 12.4 Å². The molecule has 0 radical (unpaired) electrons. The first-order valence-electron chi connectivity index (χ1n) is 2.36. The Bertz CT molecular complexity index is 95.0. The third kappa shape index (κ3) is 1.75. The van der Waals surface area contributed by atoms with E-state index >= 15 is 0 Å². The Labute approximate surface area is 47.6 Å². The van der Waals surface area contributed by atoms with Crippen LogP contribution in [0.25, 0.3) is 0 Å². The van der Waals surface area contributed by atoms with Crippen molar-refractivity contribution in [1.82, 2.24) is 0 Å². The second kappa shape index (κ2) is 3.21. The van der Waals surface area contributed by atoms with Gasteiger partial charge in [-0.25, -0.2) is 0 Å². The lowest BCUT2D eigenvalue weighted by molar-refractivity contribution is 0.00649. The smallest absolute Gasteiger partial charge is 0.188 e. The van der Waals surface area contributed by atoms with E-state index < -0.39 is 0 Å². The van der Waals surface area contributed by atoms with Crippen molar-refractivity contribution < 1.29 is 9.47 Å². The summed E-state index contributed by atoms with van der Waals surface area (Å²) in [5.74, 6) is 0. The molecule has 1 heterocycles. The van der Waals surface area contributed by atoms with Crippen molar-refractivity contribution in [1.29, 1.82) is 0 Å². The highest BCUT2D eigenvalue weighted by atomic mass is 16.7. The summed E-state index contributed by atoms with van der Waals surface area (Å²) in [5.41, 5.74) is 0. The van der Waals surface area contributed by atoms with E-state index in [0.717, 1.165) is 0 Å². The SMILES string of the molecule is C1=COCOCC=N1. The van der Waals surface area contributed by atoms with Gasteiger partial charge in [-0.3, -0.25) is 4.99 Å². The first-order valence-corrected chi connectivity index (χ1v) is 2.36. The van der Waals surface area contributed by atoms with Gasteiger partial charge >= 0.3 is 0 Å². The predicted molar refractivity (Wildman–Crippen MR) is 29.5 cm³/mol. The molecule has 0 N–H and O–H groups in total. The largest absolute Gasteiger partial charge is 0.474 e. The molecule has 44 valence electrons. The second-order valence-corrected chi connectivity index (χ2v) is 1.27. The molecule has 0 aliphatic carbocycles. The zero-order valence-electron chi connectivity index (χ0n) is 4.41. The van der Waals surface area contributed by atoms with Crippen molar-refractivity contribution in [3.8, 4) is 0 Å². The monoisotopic (exact) mass is 113 g/mol. The Morgan fingerprint density at radius 3 is 3.50 bits per heavy atom. The van der Waals surface area contributed by atoms with Crippen LogP contribution >= 0.6 is 0 Å². The average Bonchev–Trinajstić information content (AvgIpc) is 1.62. The topological polar surface area (TPSA) is 30.8 Å². The molecule has 1 aliphatic rings. The number of ether oxygens (including phenoxy) is 2. The lowest BCUT2D eigenvalue weighted by Crippen LogP contribution is -1.99. The van der Waals surface area contributed by atoms with E-state index in [1.807, 2.05) is 0 Å². The molecule has 0 atom stereocenters. The zero-order valence-corrected chi connectivity index (χ0v) is 4.41. The molecule has 0 unspecified atom stereocenters. The quantitative estimate of drug-likeness (QED) is 0.459. The zero-order chi connectivity index (χ0) is 5.66. The fourth-order valence-corrected chi connectivity index (χ4v) is 0.370. The molecule has 0 aromatic carbocycles. The molecule has 0 fully saturated rings. The molecule has 1 aliphatic heterocycles. The molecule has 0 saturated heterocycles. The van der Waals surface area contributed by atoms with Gasteiger partial charge in [0.15, 0.2) is 6.79 Å². The number of hydrogen-bond acceptors (Lipinski definition) is 3. The standard InChI is InChI=1S/C5H7NO2/c1-3-7-5-8-4-2-6-1/h1-3H,4-5H2. The molecule has 0 amide bonds. The average molecular weight is 113 g/mol. The molecular weight excluding hydrogens is 106 g/mol. The fourth-order valence-electron chi connectivity index (χ4n) is 0.370. The lowest BCUT2D eigenvalue weighted by atomic mass is 10.8. The van der Waals surface area contributed by atoms with E-state index in [4.69, 9.17) is 9.47 Å². The number of nitrogens with zero attached hydrogens (tertiary/aromatic N) is 1. The molecule has 3 heteroatoms. The van der Waals surface area contributed by atoms with Gasteiger partial charge in [-0.2, -0.15) is 0 Å². The predicted octanol–water partition coefficient (Wildman–Crippen LogP) is 0.533. The fraction of sp³-hybridized carbons (Fsp3) is 0.400. The number of rotatable bonds is 0. The van der Waals surface area contributed by atoms with E-state index in [9.17, 15) is 0 Å². The minimum absolute atomic E-state index is 0.322. The van der Waals surface area contributed by atoms with Crippen molar-refractivity contribution >= 4 is 6.21 Å². The Kier molecular flexibility index (Phi) is 2.13. The summed E-state index contributed by atoms with van der Waals surface area (Å²) in [7, 11) is 0. The van der Waals surface area contributed by atoms with Crippen LogP contribution < -0.4 is 0 Å². The highest BCUT2D eigenvalue weighted by Crippen LogP contribution is 1.83. The number of hydrogen-bond donors (Lipinski definition) is 0. The minimum Gasteiger partial charge on any atom is -0.474 e. The Hall–Kier alpha value is -0.830. The third-order valence-electron chi connectivity index (χ3n) is 0.692. The Morgan fingerprint density at radius 2 is 2.50 bits per heavy atom. The molecular formula is C5H7NO2. The van der Waals surface area contributed by atoms with Gasteiger partial charge < -0.3 is 9.47 Å².